The summed E-state index contributed by atoms with van der Waals surface area (Å²) in [5, 5.41) is 2.86. The van der Waals surface area contributed by atoms with E-state index < -0.39 is 0 Å². The van der Waals surface area contributed by atoms with E-state index in [1.807, 2.05) is 60.7 Å². The van der Waals surface area contributed by atoms with Crippen LogP contribution in [0.25, 0.3) is 11.3 Å². The number of fused-ring (bicyclic) bond motifs is 1. The number of amides is 1. The molecule has 2 aromatic carbocycles. The first-order chi connectivity index (χ1) is 10.8. The Labute approximate surface area is 128 Å². The maximum Gasteiger partial charge on any atom is 0.256 e. The van der Waals surface area contributed by atoms with Crippen molar-refractivity contribution in [1.29, 1.82) is 0 Å². The highest BCUT2D eigenvalue weighted by Gasteiger charge is 2.40. The molecule has 1 aliphatic heterocycles. The van der Waals surface area contributed by atoms with Crippen molar-refractivity contribution in [2.75, 3.05) is 0 Å². The molecule has 4 rings (SSSR count). The number of carbonyl (C=O) groups excluding carboxylic acids is 2. The summed E-state index contributed by atoms with van der Waals surface area (Å²) < 4.78 is 0. The Hall–Kier alpha value is -2.94. The Morgan fingerprint density at radius 2 is 1.32 bits per heavy atom. The second kappa shape index (κ2) is 4.81. The van der Waals surface area contributed by atoms with Gasteiger partial charge >= 0.3 is 0 Å². The molecule has 3 nitrogen and oxygen atoms in total. The second-order valence-corrected chi connectivity index (χ2v) is 5.39. The summed E-state index contributed by atoms with van der Waals surface area (Å²) in [6, 6.07) is 19.1. The molecule has 0 radical (unpaired) electrons. The number of allylic oxidation sites excluding steroid dienone is 1. The molecule has 22 heavy (non-hydrogen) atoms. The van der Waals surface area contributed by atoms with Crippen LogP contribution < -0.4 is 5.32 Å². The lowest BCUT2D eigenvalue weighted by Crippen LogP contribution is -2.16. The highest BCUT2D eigenvalue weighted by atomic mass is 16.2. The van der Waals surface area contributed by atoms with Crippen LogP contribution in [0.5, 0.6) is 0 Å². The highest BCUT2D eigenvalue weighted by molar-refractivity contribution is 6.31. The lowest BCUT2D eigenvalue weighted by molar-refractivity contribution is -0.116. The van der Waals surface area contributed by atoms with Crippen molar-refractivity contribution in [2.24, 2.45) is 0 Å². The Kier molecular flexibility index (Phi) is 2.79. The molecule has 0 atom stereocenters. The molecule has 3 heteroatoms. The molecule has 1 amide bonds. The largest absolute Gasteiger partial charge is 0.321 e. The van der Waals surface area contributed by atoms with Crippen LogP contribution in [0.15, 0.2) is 71.8 Å². The van der Waals surface area contributed by atoms with Gasteiger partial charge in [0.1, 0.15) is 0 Å². The zero-order valence-electron chi connectivity index (χ0n) is 11.8. The van der Waals surface area contributed by atoms with Crippen molar-refractivity contribution in [2.45, 2.75) is 6.42 Å². The molecular weight excluding hydrogens is 274 g/mol. The first-order valence-corrected chi connectivity index (χ1v) is 7.19. The molecule has 0 saturated heterocycles. The molecule has 0 unspecified atom stereocenters. The van der Waals surface area contributed by atoms with Crippen LogP contribution in [0.4, 0.5) is 0 Å². The fourth-order valence-electron chi connectivity index (χ4n) is 3.09. The van der Waals surface area contributed by atoms with Crippen molar-refractivity contribution >= 4 is 23.0 Å². The first kappa shape index (κ1) is 12.8. The summed E-state index contributed by atoms with van der Waals surface area (Å²) in [7, 11) is 0. The lowest BCUT2D eigenvalue weighted by atomic mass is 10.0. The van der Waals surface area contributed by atoms with Gasteiger partial charge in [-0.3, -0.25) is 9.59 Å². The van der Waals surface area contributed by atoms with Gasteiger partial charge in [0.05, 0.1) is 16.8 Å². The van der Waals surface area contributed by atoms with Crippen LogP contribution in [0.2, 0.25) is 0 Å². The Morgan fingerprint density at radius 1 is 0.727 bits per heavy atom. The van der Waals surface area contributed by atoms with Gasteiger partial charge in [0.15, 0.2) is 5.78 Å². The van der Waals surface area contributed by atoms with E-state index in [-0.39, 0.29) is 11.7 Å². The van der Waals surface area contributed by atoms with Crippen LogP contribution in [0, 0.1) is 0 Å². The monoisotopic (exact) mass is 287 g/mol. The van der Waals surface area contributed by atoms with Crippen LogP contribution in [0.3, 0.4) is 0 Å². The fraction of sp³-hybridized carbons (Fsp3) is 0.0526. The third-order valence-corrected chi connectivity index (χ3v) is 4.07. The normalized spacial score (nSPS) is 17.1. The third kappa shape index (κ3) is 1.83. The van der Waals surface area contributed by atoms with Gasteiger partial charge in [-0.05, 0) is 16.7 Å². The molecule has 2 aliphatic rings. The smallest absolute Gasteiger partial charge is 0.256 e. The van der Waals surface area contributed by atoms with Crippen molar-refractivity contribution in [1.82, 2.24) is 5.32 Å². The van der Waals surface area contributed by atoms with E-state index in [4.69, 9.17) is 0 Å². The molecule has 1 aliphatic carbocycles. The summed E-state index contributed by atoms with van der Waals surface area (Å²) in [6.45, 7) is 0. The summed E-state index contributed by atoms with van der Waals surface area (Å²) in [5.41, 5.74) is 4.33. The number of hydrogen-bond donors (Lipinski definition) is 1. The molecular formula is C19H13NO2. The van der Waals surface area contributed by atoms with Gasteiger partial charge in [0, 0.05) is 6.42 Å². The molecule has 1 N–H and O–H groups in total. The molecule has 0 bridgehead atoms. The molecule has 0 spiro atoms. The molecule has 0 fully saturated rings. The van der Waals surface area contributed by atoms with Crippen LogP contribution in [-0.4, -0.2) is 11.7 Å². The standard InChI is InChI=1S/C19H13NO2/c21-15-11-14(12-7-3-1-4-8-12)16-17(15)18(20-19(16)22)13-9-5-2-6-10-13/h1-10H,11H2,(H,20,22). The average molecular weight is 287 g/mol. The zero-order chi connectivity index (χ0) is 15.1. The van der Waals surface area contributed by atoms with Crippen LogP contribution in [-0.2, 0) is 9.59 Å². The summed E-state index contributed by atoms with van der Waals surface area (Å²) in [6.07, 6.45) is 0.290. The van der Waals surface area contributed by atoms with Gasteiger partial charge in [-0.1, -0.05) is 60.7 Å². The first-order valence-electron chi connectivity index (χ1n) is 7.19. The number of ketones is 1. The van der Waals surface area contributed by atoms with Crippen molar-refractivity contribution < 1.29 is 9.59 Å². The summed E-state index contributed by atoms with van der Waals surface area (Å²) in [5.74, 6) is -0.176. The maximum atomic E-state index is 12.5. The molecule has 0 aromatic heterocycles. The Morgan fingerprint density at radius 3 is 1.95 bits per heavy atom. The van der Waals surface area contributed by atoms with Gasteiger partial charge in [-0.25, -0.2) is 0 Å². The van der Waals surface area contributed by atoms with E-state index in [0.717, 1.165) is 16.7 Å². The molecule has 2 aromatic rings. The maximum absolute atomic E-state index is 12.5. The van der Waals surface area contributed by atoms with E-state index in [9.17, 15) is 9.59 Å². The van der Waals surface area contributed by atoms with Crippen molar-refractivity contribution in [3.8, 4) is 0 Å². The second-order valence-electron chi connectivity index (χ2n) is 5.39. The van der Waals surface area contributed by atoms with E-state index in [1.54, 1.807) is 0 Å². The topological polar surface area (TPSA) is 46.2 Å². The van der Waals surface area contributed by atoms with Gasteiger partial charge in [-0.15, -0.1) is 0 Å². The number of carbonyl (C=O) groups is 2. The Bertz CT molecular complexity index is 772. The lowest BCUT2D eigenvalue weighted by Gasteiger charge is -2.05. The van der Waals surface area contributed by atoms with Gasteiger partial charge in [-0.2, -0.15) is 0 Å². The molecule has 0 saturated carbocycles. The fourth-order valence-corrected chi connectivity index (χ4v) is 3.09. The number of benzene rings is 2. The quantitative estimate of drug-likeness (QED) is 0.923. The van der Waals surface area contributed by atoms with Gasteiger partial charge in [0.25, 0.3) is 5.91 Å². The van der Waals surface area contributed by atoms with Gasteiger partial charge in [0.2, 0.25) is 0 Å². The summed E-state index contributed by atoms with van der Waals surface area (Å²) in [4.78, 5) is 24.9. The minimum absolute atomic E-state index is 0.00561. The number of Topliss-reactive ketones (excluding diaryl/α,β-unsaturated/α-hetero) is 1. The minimum Gasteiger partial charge on any atom is -0.321 e. The number of rotatable bonds is 2. The molecule has 106 valence electrons. The minimum atomic E-state index is -0.182. The zero-order valence-corrected chi connectivity index (χ0v) is 11.8. The van der Waals surface area contributed by atoms with Gasteiger partial charge < -0.3 is 5.32 Å². The highest BCUT2D eigenvalue weighted by Crippen LogP contribution is 2.41. The average Bonchev–Trinajstić information content (AvgIpc) is 3.09. The van der Waals surface area contributed by atoms with E-state index >= 15 is 0 Å². The summed E-state index contributed by atoms with van der Waals surface area (Å²) >= 11 is 0. The Balaban J connectivity index is 1.93. The molecule has 1 heterocycles. The van der Waals surface area contributed by atoms with Crippen molar-refractivity contribution in [3.05, 3.63) is 82.9 Å². The van der Waals surface area contributed by atoms with Crippen LogP contribution in [0.1, 0.15) is 17.5 Å². The van der Waals surface area contributed by atoms with E-state index in [0.29, 0.717) is 23.3 Å². The number of nitrogens with one attached hydrogen (secondary N) is 1. The SMILES string of the molecule is O=C1CC(c2ccccc2)=C2C(=O)NC(c3ccccc3)=C12. The van der Waals surface area contributed by atoms with E-state index in [1.165, 1.54) is 0 Å². The predicted octanol–water partition coefficient (Wildman–Crippen LogP) is 2.95. The third-order valence-electron chi connectivity index (χ3n) is 4.07. The van der Waals surface area contributed by atoms with Crippen molar-refractivity contribution in [3.63, 3.8) is 0 Å². The van der Waals surface area contributed by atoms with E-state index in [2.05, 4.69) is 5.32 Å². The number of hydrogen-bond acceptors (Lipinski definition) is 2. The predicted molar refractivity (Wildman–Crippen MR) is 84.5 cm³/mol. The van der Waals surface area contributed by atoms with Crippen LogP contribution >= 0.6 is 0 Å².